The number of ether oxygens (including phenoxy) is 2. The first kappa shape index (κ1) is 16.6. The second-order valence-corrected chi connectivity index (χ2v) is 4.46. The van der Waals surface area contributed by atoms with Gasteiger partial charge in [0.25, 0.3) is 0 Å². The van der Waals surface area contributed by atoms with Crippen LogP contribution in [0.1, 0.15) is 12.0 Å². The van der Waals surface area contributed by atoms with Crippen LogP contribution < -0.4 is 9.47 Å². The summed E-state index contributed by atoms with van der Waals surface area (Å²) in [5.74, 6) is 0.00862. The molecule has 1 amide bonds. The van der Waals surface area contributed by atoms with Crippen LogP contribution in [0.5, 0.6) is 11.5 Å². The summed E-state index contributed by atoms with van der Waals surface area (Å²) < 4.78 is 10.6. The second-order valence-electron chi connectivity index (χ2n) is 4.46. The Bertz CT molecular complexity index is 537. The molecule has 1 aromatic carbocycles. The molecule has 0 aromatic heterocycles. The van der Waals surface area contributed by atoms with Crippen LogP contribution in [0.25, 0.3) is 6.08 Å². The Morgan fingerprint density at radius 1 is 1.33 bits per heavy atom. The Morgan fingerprint density at radius 3 is 2.62 bits per heavy atom. The number of carbonyl (C=O) groups is 2. The van der Waals surface area contributed by atoms with Gasteiger partial charge in [0.2, 0.25) is 5.91 Å². The standard InChI is InChI=1S/C15H19NO5/c1-16(2)14(17)8-9-21-13-6-5-12(20-3)10-11(13)4-7-15(18)19/h4-7,10H,8-9H2,1-3H3,(H,18,19)/b7-4+. The third-order valence-corrected chi connectivity index (χ3v) is 2.69. The number of aliphatic carboxylic acids is 1. The molecule has 0 unspecified atom stereocenters. The van der Waals surface area contributed by atoms with Crippen molar-refractivity contribution in [2.45, 2.75) is 6.42 Å². The molecule has 0 radical (unpaired) electrons. The number of hydrogen-bond donors (Lipinski definition) is 1. The minimum absolute atomic E-state index is 0.0360. The summed E-state index contributed by atoms with van der Waals surface area (Å²) in [4.78, 5) is 23.6. The molecule has 0 aliphatic rings. The molecule has 0 bridgehead atoms. The van der Waals surface area contributed by atoms with Crippen LogP contribution >= 0.6 is 0 Å². The van der Waals surface area contributed by atoms with Crippen molar-refractivity contribution < 1.29 is 24.2 Å². The minimum Gasteiger partial charge on any atom is -0.497 e. The first-order valence-corrected chi connectivity index (χ1v) is 6.36. The van der Waals surface area contributed by atoms with Crippen LogP contribution in [0, 0.1) is 0 Å². The molecule has 21 heavy (non-hydrogen) atoms. The van der Waals surface area contributed by atoms with Gasteiger partial charge in [-0.05, 0) is 24.3 Å². The van der Waals surface area contributed by atoms with Crippen LogP contribution in [0.3, 0.4) is 0 Å². The molecule has 114 valence electrons. The monoisotopic (exact) mass is 293 g/mol. The average Bonchev–Trinajstić information content (AvgIpc) is 2.45. The van der Waals surface area contributed by atoms with E-state index in [0.29, 0.717) is 17.1 Å². The highest BCUT2D eigenvalue weighted by Gasteiger charge is 2.07. The molecule has 0 spiro atoms. The van der Waals surface area contributed by atoms with Crippen molar-refractivity contribution in [2.75, 3.05) is 27.8 Å². The van der Waals surface area contributed by atoms with E-state index in [1.54, 1.807) is 32.3 Å². The SMILES string of the molecule is COc1ccc(OCCC(=O)N(C)C)c(/C=C/C(=O)O)c1. The van der Waals surface area contributed by atoms with E-state index < -0.39 is 5.97 Å². The normalized spacial score (nSPS) is 10.4. The highest BCUT2D eigenvalue weighted by atomic mass is 16.5. The lowest BCUT2D eigenvalue weighted by Crippen LogP contribution is -2.23. The fourth-order valence-corrected chi connectivity index (χ4v) is 1.55. The van der Waals surface area contributed by atoms with Gasteiger partial charge in [-0.3, -0.25) is 4.79 Å². The molecule has 0 aliphatic heterocycles. The van der Waals surface area contributed by atoms with Gasteiger partial charge < -0.3 is 19.5 Å². The zero-order valence-electron chi connectivity index (χ0n) is 12.3. The zero-order chi connectivity index (χ0) is 15.8. The van der Waals surface area contributed by atoms with Crippen molar-refractivity contribution in [1.29, 1.82) is 0 Å². The molecule has 0 fully saturated rings. The van der Waals surface area contributed by atoms with Gasteiger partial charge in [0, 0.05) is 25.7 Å². The number of carboxylic acids is 1. The van der Waals surface area contributed by atoms with Crippen LogP contribution in [-0.4, -0.2) is 49.7 Å². The Morgan fingerprint density at radius 2 is 2.05 bits per heavy atom. The van der Waals surface area contributed by atoms with E-state index in [9.17, 15) is 9.59 Å². The summed E-state index contributed by atoms with van der Waals surface area (Å²) in [7, 11) is 4.88. The highest BCUT2D eigenvalue weighted by Crippen LogP contribution is 2.25. The van der Waals surface area contributed by atoms with Crippen molar-refractivity contribution in [1.82, 2.24) is 4.90 Å². The van der Waals surface area contributed by atoms with E-state index in [-0.39, 0.29) is 18.9 Å². The number of hydrogen-bond acceptors (Lipinski definition) is 4. The number of carbonyl (C=O) groups excluding carboxylic acids is 1. The molecule has 1 aromatic rings. The second kappa shape index (κ2) is 7.94. The summed E-state index contributed by atoms with van der Waals surface area (Å²) in [5, 5.41) is 8.69. The molecule has 1 rings (SSSR count). The van der Waals surface area contributed by atoms with E-state index in [1.807, 2.05) is 0 Å². The van der Waals surface area contributed by atoms with Gasteiger partial charge >= 0.3 is 5.97 Å². The number of carboxylic acid groups (broad SMARTS) is 1. The maximum atomic E-state index is 11.5. The maximum absolute atomic E-state index is 11.5. The number of amides is 1. The minimum atomic E-state index is -1.05. The highest BCUT2D eigenvalue weighted by molar-refractivity contribution is 5.86. The van der Waals surface area contributed by atoms with Gasteiger partial charge in [-0.15, -0.1) is 0 Å². The van der Waals surface area contributed by atoms with Gasteiger partial charge in [-0.1, -0.05) is 0 Å². The summed E-state index contributed by atoms with van der Waals surface area (Å²) in [6.45, 7) is 0.219. The number of rotatable bonds is 7. The Kier molecular flexibility index (Phi) is 6.26. The molecule has 6 nitrogen and oxygen atoms in total. The van der Waals surface area contributed by atoms with Crippen molar-refractivity contribution in [3.8, 4) is 11.5 Å². The molecule has 6 heteroatoms. The maximum Gasteiger partial charge on any atom is 0.328 e. The van der Waals surface area contributed by atoms with Crippen LogP contribution in [0.15, 0.2) is 24.3 Å². The van der Waals surface area contributed by atoms with Gasteiger partial charge in [-0.2, -0.15) is 0 Å². The van der Waals surface area contributed by atoms with Gasteiger partial charge in [0.1, 0.15) is 11.5 Å². The van der Waals surface area contributed by atoms with E-state index >= 15 is 0 Å². The van der Waals surface area contributed by atoms with Crippen molar-refractivity contribution in [2.24, 2.45) is 0 Å². The van der Waals surface area contributed by atoms with E-state index in [1.165, 1.54) is 18.1 Å². The Balaban J connectivity index is 2.80. The molecule has 0 heterocycles. The topological polar surface area (TPSA) is 76.1 Å². The lowest BCUT2D eigenvalue weighted by Gasteiger charge is -2.13. The van der Waals surface area contributed by atoms with Gasteiger partial charge in [0.15, 0.2) is 0 Å². The lowest BCUT2D eigenvalue weighted by atomic mass is 10.1. The largest absolute Gasteiger partial charge is 0.497 e. The summed E-state index contributed by atoms with van der Waals surface area (Å²) >= 11 is 0. The lowest BCUT2D eigenvalue weighted by molar-refractivity contribution is -0.131. The third kappa shape index (κ3) is 5.56. The Hall–Kier alpha value is -2.50. The Labute approximate surface area is 123 Å². The predicted octanol–water partition coefficient (Wildman–Crippen LogP) is 1.65. The predicted molar refractivity (Wildman–Crippen MR) is 78.5 cm³/mol. The van der Waals surface area contributed by atoms with E-state index in [4.69, 9.17) is 14.6 Å². The molecular formula is C15H19NO5. The zero-order valence-corrected chi connectivity index (χ0v) is 12.3. The quantitative estimate of drug-likeness (QED) is 0.774. The molecular weight excluding hydrogens is 274 g/mol. The van der Waals surface area contributed by atoms with E-state index in [0.717, 1.165) is 6.08 Å². The summed E-state index contributed by atoms with van der Waals surface area (Å²) in [6.07, 6.45) is 2.70. The molecule has 1 N–H and O–H groups in total. The van der Waals surface area contributed by atoms with Gasteiger partial charge in [0.05, 0.1) is 20.1 Å². The first-order valence-electron chi connectivity index (χ1n) is 6.36. The van der Waals surface area contributed by atoms with Gasteiger partial charge in [-0.25, -0.2) is 4.79 Å². The average molecular weight is 293 g/mol. The summed E-state index contributed by atoms with van der Waals surface area (Å²) in [5.41, 5.74) is 0.578. The van der Waals surface area contributed by atoms with Crippen LogP contribution in [-0.2, 0) is 9.59 Å². The first-order chi connectivity index (χ1) is 9.93. The fraction of sp³-hybridized carbons (Fsp3) is 0.333. The number of nitrogens with zero attached hydrogens (tertiary/aromatic N) is 1. The molecule has 0 atom stereocenters. The van der Waals surface area contributed by atoms with E-state index in [2.05, 4.69) is 0 Å². The molecule has 0 saturated carbocycles. The van der Waals surface area contributed by atoms with Crippen molar-refractivity contribution in [3.63, 3.8) is 0 Å². The van der Waals surface area contributed by atoms with Crippen LogP contribution in [0.4, 0.5) is 0 Å². The summed E-state index contributed by atoms with van der Waals surface area (Å²) in [6, 6.07) is 5.06. The molecule has 0 saturated heterocycles. The fourth-order valence-electron chi connectivity index (χ4n) is 1.55. The molecule has 0 aliphatic carbocycles. The van der Waals surface area contributed by atoms with Crippen molar-refractivity contribution in [3.05, 3.63) is 29.8 Å². The number of methoxy groups -OCH3 is 1. The van der Waals surface area contributed by atoms with Crippen LogP contribution in [0.2, 0.25) is 0 Å². The third-order valence-electron chi connectivity index (χ3n) is 2.69. The van der Waals surface area contributed by atoms with Crippen molar-refractivity contribution >= 4 is 18.0 Å². The smallest absolute Gasteiger partial charge is 0.328 e. The number of benzene rings is 1.